The second-order valence-corrected chi connectivity index (χ2v) is 16.2. The van der Waals surface area contributed by atoms with Gasteiger partial charge in [0.15, 0.2) is 12.4 Å². The van der Waals surface area contributed by atoms with Gasteiger partial charge in [-0.3, -0.25) is 9.59 Å². The van der Waals surface area contributed by atoms with Crippen LogP contribution in [-0.2, 0) is 28.5 Å². The van der Waals surface area contributed by atoms with E-state index in [0.29, 0.717) is 12.8 Å². The maximum absolute atomic E-state index is 12.8. The molecule has 0 saturated carbocycles. The highest BCUT2D eigenvalue weighted by Crippen LogP contribution is 2.22. The Balaban J connectivity index is 2.28. The second kappa shape index (κ2) is 41.2. The van der Waals surface area contributed by atoms with Crippen molar-refractivity contribution in [3.63, 3.8) is 0 Å². The molecule has 1 fully saturated rings. The molecule has 1 rings (SSSR count). The fraction of sp³-hybridized carbons (Fsp3) is 0.725. The van der Waals surface area contributed by atoms with Crippen molar-refractivity contribution in [1.29, 1.82) is 0 Å². The Bertz CT molecular complexity index is 1220. The number of carbonyl (C=O) groups is 2. The molecule has 0 aromatic rings. The van der Waals surface area contributed by atoms with Crippen LogP contribution in [0.15, 0.2) is 72.9 Å². The van der Waals surface area contributed by atoms with Gasteiger partial charge in [0.2, 0.25) is 0 Å². The third kappa shape index (κ3) is 32.5. The number of rotatable bonds is 39. The van der Waals surface area contributed by atoms with E-state index in [0.717, 1.165) is 96.3 Å². The smallest absolute Gasteiger partial charge is 0.306 e. The van der Waals surface area contributed by atoms with E-state index >= 15 is 0 Å². The fourth-order valence-corrected chi connectivity index (χ4v) is 6.80. The van der Waals surface area contributed by atoms with E-state index in [9.17, 15) is 30.0 Å². The summed E-state index contributed by atoms with van der Waals surface area (Å²) in [5, 5.41) is 40.1. The summed E-state index contributed by atoms with van der Waals surface area (Å²) in [6.07, 6.45) is 44.8. The van der Waals surface area contributed by atoms with Crippen molar-refractivity contribution in [2.75, 3.05) is 19.8 Å². The quantitative estimate of drug-likeness (QED) is 0.0267. The van der Waals surface area contributed by atoms with Crippen LogP contribution in [0, 0.1) is 0 Å². The number of hydrogen-bond donors (Lipinski definition) is 4. The van der Waals surface area contributed by atoms with Crippen LogP contribution in [-0.4, -0.2) is 89.0 Å². The molecule has 1 aliphatic rings. The van der Waals surface area contributed by atoms with Crippen LogP contribution in [0.3, 0.4) is 0 Å². The van der Waals surface area contributed by atoms with Crippen molar-refractivity contribution in [1.82, 2.24) is 0 Å². The lowest BCUT2D eigenvalue weighted by Crippen LogP contribution is -2.59. The minimum Gasteiger partial charge on any atom is -0.462 e. The topological polar surface area (TPSA) is 152 Å². The summed E-state index contributed by atoms with van der Waals surface area (Å²) in [4.78, 5) is 25.4. The Labute approximate surface area is 370 Å². The molecule has 1 heterocycles. The zero-order valence-electron chi connectivity index (χ0n) is 38.1. The Kier molecular flexibility index (Phi) is 37.9. The maximum atomic E-state index is 12.8. The van der Waals surface area contributed by atoms with E-state index < -0.39 is 55.4 Å². The van der Waals surface area contributed by atoms with Gasteiger partial charge in [-0.25, -0.2) is 0 Å². The lowest BCUT2D eigenvalue weighted by molar-refractivity contribution is -0.305. The van der Waals surface area contributed by atoms with Crippen molar-refractivity contribution in [3.8, 4) is 0 Å². The Hall–Kier alpha value is -2.86. The monoisotopic (exact) mass is 859 g/mol. The largest absolute Gasteiger partial charge is 0.462 e. The molecule has 10 nitrogen and oxygen atoms in total. The van der Waals surface area contributed by atoms with E-state index in [4.69, 9.17) is 18.9 Å². The van der Waals surface area contributed by atoms with E-state index in [1.165, 1.54) is 44.9 Å². The summed E-state index contributed by atoms with van der Waals surface area (Å²) in [5.41, 5.74) is 0. The SMILES string of the molecule is CC/C=C\C/C=C\C/C=C\C/C=C\CCCCCCCCCCCCC(=O)OC(COC(=O)CCCCCCC/C=C\C/C=C\CCC)COC1OC(CO)C(O)C(O)C1O. The van der Waals surface area contributed by atoms with E-state index in [1.54, 1.807) is 0 Å². The molecule has 6 unspecified atom stereocenters. The van der Waals surface area contributed by atoms with E-state index in [2.05, 4.69) is 86.8 Å². The predicted molar refractivity (Wildman–Crippen MR) is 247 cm³/mol. The molecule has 1 saturated heterocycles. The van der Waals surface area contributed by atoms with Crippen molar-refractivity contribution >= 4 is 11.9 Å². The summed E-state index contributed by atoms with van der Waals surface area (Å²) < 4.78 is 22.2. The first-order valence-corrected chi connectivity index (χ1v) is 24.0. The molecule has 6 atom stereocenters. The maximum Gasteiger partial charge on any atom is 0.306 e. The average molecular weight is 859 g/mol. The van der Waals surface area contributed by atoms with Crippen LogP contribution in [0.5, 0.6) is 0 Å². The number of ether oxygens (including phenoxy) is 4. The van der Waals surface area contributed by atoms with Gasteiger partial charge in [-0.15, -0.1) is 0 Å². The first-order valence-electron chi connectivity index (χ1n) is 24.0. The molecular formula is C51H86O10. The second-order valence-electron chi connectivity index (χ2n) is 16.2. The van der Waals surface area contributed by atoms with Crippen LogP contribution in [0.2, 0.25) is 0 Å². The lowest BCUT2D eigenvalue weighted by atomic mass is 9.99. The molecule has 61 heavy (non-hydrogen) atoms. The third-order valence-corrected chi connectivity index (χ3v) is 10.6. The number of carbonyl (C=O) groups excluding carboxylic acids is 2. The van der Waals surface area contributed by atoms with Crippen molar-refractivity contribution in [2.24, 2.45) is 0 Å². The molecule has 350 valence electrons. The molecule has 0 spiro atoms. The van der Waals surface area contributed by atoms with Crippen LogP contribution in [0.4, 0.5) is 0 Å². The lowest BCUT2D eigenvalue weighted by Gasteiger charge is -2.39. The van der Waals surface area contributed by atoms with Gasteiger partial charge in [0.05, 0.1) is 13.2 Å². The standard InChI is InChI=1S/C51H86O10/c1-3-5-7-9-11-13-15-17-18-19-20-21-22-23-24-25-26-28-30-32-34-36-38-40-47(54)60-44(43-59-51-50(57)49(56)48(55)45(41-52)61-51)42-58-46(53)39-37-35-33-31-29-27-16-14-12-10-8-6-4-2/h5,7-8,10-11,13-14,16-18,20-21,44-45,48-52,55-57H,3-4,6,9,12,15,19,22-43H2,1-2H3/b7-5-,10-8-,13-11-,16-14-,18-17-,21-20-. The van der Waals surface area contributed by atoms with Crippen LogP contribution < -0.4 is 0 Å². The molecule has 0 amide bonds. The molecule has 0 bridgehead atoms. The number of aliphatic hydroxyl groups excluding tert-OH is 4. The summed E-state index contributed by atoms with van der Waals surface area (Å²) >= 11 is 0. The van der Waals surface area contributed by atoms with Gasteiger partial charge in [0.1, 0.15) is 31.0 Å². The van der Waals surface area contributed by atoms with Gasteiger partial charge in [0, 0.05) is 12.8 Å². The Morgan fingerprint density at radius 3 is 1.46 bits per heavy atom. The predicted octanol–water partition coefficient (Wildman–Crippen LogP) is 10.8. The highest BCUT2D eigenvalue weighted by Gasteiger charge is 2.44. The van der Waals surface area contributed by atoms with E-state index in [1.807, 2.05) is 0 Å². The highest BCUT2D eigenvalue weighted by molar-refractivity contribution is 5.70. The zero-order chi connectivity index (χ0) is 44.4. The number of esters is 2. The minimum absolute atomic E-state index is 0.218. The van der Waals surface area contributed by atoms with Crippen LogP contribution in [0.25, 0.3) is 0 Å². The molecule has 0 aliphatic carbocycles. The van der Waals surface area contributed by atoms with Crippen molar-refractivity contribution in [2.45, 2.75) is 218 Å². The molecule has 4 N–H and O–H groups in total. The van der Waals surface area contributed by atoms with Crippen LogP contribution in [0.1, 0.15) is 181 Å². The molecule has 0 radical (unpaired) electrons. The summed E-state index contributed by atoms with van der Waals surface area (Å²) in [7, 11) is 0. The molecule has 0 aromatic carbocycles. The van der Waals surface area contributed by atoms with E-state index in [-0.39, 0.29) is 26.1 Å². The first kappa shape index (κ1) is 56.2. The average Bonchev–Trinajstić information content (AvgIpc) is 3.26. The van der Waals surface area contributed by atoms with Crippen molar-refractivity contribution < 1.29 is 49.0 Å². The van der Waals surface area contributed by atoms with Crippen LogP contribution >= 0.6 is 0 Å². The van der Waals surface area contributed by atoms with Gasteiger partial charge >= 0.3 is 11.9 Å². The van der Waals surface area contributed by atoms with Crippen molar-refractivity contribution in [3.05, 3.63) is 72.9 Å². The molecule has 10 heteroatoms. The Morgan fingerprint density at radius 2 is 0.967 bits per heavy atom. The number of unbranched alkanes of at least 4 members (excludes halogenated alkanes) is 16. The summed E-state index contributed by atoms with van der Waals surface area (Å²) in [6, 6.07) is 0. The summed E-state index contributed by atoms with van der Waals surface area (Å²) in [5.74, 6) is -0.832. The summed E-state index contributed by atoms with van der Waals surface area (Å²) in [6.45, 7) is 3.22. The zero-order valence-corrected chi connectivity index (χ0v) is 38.1. The number of aliphatic hydroxyl groups is 4. The van der Waals surface area contributed by atoms with Gasteiger partial charge in [-0.1, -0.05) is 164 Å². The number of allylic oxidation sites excluding steroid dienone is 12. The molecule has 0 aromatic heterocycles. The molecule has 1 aliphatic heterocycles. The number of hydrogen-bond acceptors (Lipinski definition) is 10. The molecular weight excluding hydrogens is 773 g/mol. The van der Waals surface area contributed by atoms with Gasteiger partial charge in [0.25, 0.3) is 0 Å². The fourth-order valence-electron chi connectivity index (χ4n) is 6.80. The third-order valence-electron chi connectivity index (χ3n) is 10.6. The normalized spacial score (nSPS) is 20.4. The van der Waals surface area contributed by atoms with Gasteiger partial charge < -0.3 is 39.4 Å². The first-order chi connectivity index (χ1) is 29.8. The van der Waals surface area contributed by atoms with Gasteiger partial charge in [-0.05, 0) is 77.0 Å². The van der Waals surface area contributed by atoms with Gasteiger partial charge in [-0.2, -0.15) is 0 Å². The highest BCUT2D eigenvalue weighted by atomic mass is 16.7. The minimum atomic E-state index is -1.60. The Morgan fingerprint density at radius 1 is 0.525 bits per heavy atom.